The standard InChI is InChI=1S/C44H49N3O8/c1-47-25-22-31(23-26-47)29-55-43(52)44(53,33-9-3-2-4-10-33)34-11-6-12-35(28-34)54-27-7-24-45-42(51)32-16-14-30(15-17-32)8-5-13-38(48)36-18-20-39(49)41-37(36)19-21-40(50)46-41/h2-4,6,9-12,14-21,28,31,38,48-49,53H,5,7-8,13,22-27,29H2,1H3,(H,45,51)(H,46,50)/t38-,44-/m0/s1. The van der Waals surface area contributed by atoms with E-state index in [1.165, 1.54) is 12.1 Å². The van der Waals surface area contributed by atoms with Crippen LogP contribution in [0, 0.1) is 5.92 Å². The van der Waals surface area contributed by atoms with Crippen LogP contribution in [0.2, 0.25) is 0 Å². The van der Waals surface area contributed by atoms with Gasteiger partial charge in [-0.15, -0.1) is 0 Å². The van der Waals surface area contributed by atoms with Gasteiger partial charge in [-0.25, -0.2) is 4.79 Å². The van der Waals surface area contributed by atoms with Gasteiger partial charge in [-0.2, -0.15) is 0 Å². The van der Waals surface area contributed by atoms with Gasteiger partial charge in [0, 0.05) is 29.1 Å². The summed E-state index contributed by atoms with van der Waals surface area (Å²) in [6.07, 6.45) is 3.50. The molecule has 0 unspecified atom stereocenters. The van der Waals surface area contributed by atoms with Crippen molar-refractivity contribution in [3.63, 3.8) is 0 Å². The van der Waals surface area contributed by atoms with Crippen LogP contribution < -0.4 is 15.6 Å². The lowest BCUT2D eigenvalue weighted by molar-refractivity contribution is -0.164. The molecule has 0 bridgehead atoms. The van der Waals surface area contributed by atoms with Crippen LogP contribution >= 0.6 is 0 Å². The Morgan fingerprint density at radius 3 is 2.44 bits per heavy atom. The smallest absolute Gasteiger partial charge is 0.347 e. The monoisotopic (exact) mass is 747 g/mol. The predicted octanol–water partition coefficient (Wildman–Crippen LogP) is 5.61. The normalized spacial score (nSPS) is 15.3. The van der Waals surface area contributed by atoms with E-state index >= 15 is 0 Å². The molecule has 5 aromatic rings. The Bertz CT molecular complexity index is 2110. The highest BCUT2D eigenvalue weighted by atomic mass is 16.5. The number of hydrogen-bond acceptors (Lipinski definition) is 9. The second-order valence-corrected chi connectivity index (χ2v) is 14.3. The number of aliphatic hydroxyl groups excluding tert-OH is 1. The second kappa shape index (κ2) is 18.2. The highest BCUT2D eigenvalue weighted by molar-refractivity contribution is 5.94. The maximum absolute atomic E-state index is 13.6. The molecule has 1 aromatic heterocycles. The number of hydrogen-bond donors (Lipinski definition) is 5. The Labute approximate surface area is 320 Å². The number of aromatic hydroxyl groups is 1. The summed E-state index contributed by atoms with van der Waals surface area (Å²) in [6, 6.07) is 29.1. The Balaban J connectivity index is 0.957. The molecule has 6 rings (SSSR count). The van der Waals surface area contributed by atoms with Crippen LogP contribution in [0.5, 0.6) is 11.5 Å². The summed E-state index contributed by atoms with van der Waals surface area (Å²) >= 11 is 0. The molecule has 0 saturated carbocycles. The number of ether oxygens (including phenoxy) is 2. The largest absolute Gasteiger partial charge is 0.506 e. The van der Waals surface area contributed by atoms with Gasteiger partial charge in [0.15, 0.2) is 0 Å². The average molecular weight is 748 g/mol. The number of phenolic OH excluding ortho intramolecular Hbond substituents is 1. The number of carbonyl (C=O) groups is 2. The first kappa shape index (κ1) is 39.2. The van der Waals surface area contributed by atoms with Crippen molar-refractivity contribution < 1.29 is 34.4 Å². The number of aromatic nitrogens is 1. The summed E-state index contributed by atoms with van der Waals surface area (Å²) in [4.78, 5) is 43.0. The summed E-state index contributed by atoms with van der Waals surface area (Å²) in [5.41, 5.74) is 0.936. The van der Waals surface area contributed by atoms with Crippen LogP contribution in [-0.2, 0) is 21.6 Å². The number of nitrogens with zero attached hydrogens (tertiary/aromatic N) is 1. The minimum atomic E-state index is -2.01. The number of H-pyrrole nitrogens is 1. The van der Waals surface area contributed by atoms with Crippen molar-refractivity contribution in [2.45, 2.75) is 50.2 Å². The minimum absolute atomic E-state index is 0.0456. The molecule has 288 valence electrons. The number of rotatable bonds is 16. The van der Waals surface area contributed by atoms with Crippen LogP contribution in [0.15, 0.2) is 108 Å². The Hall–Kier alpha value is -5.49. The molecule has 1 fully saturated rings. The van der Waals surface area contributed by atoms with Gasteiger partial charge in [-0.05, 0) is 118 Å². The maximum atomic E-state index is 13.6. The summed E-state index contributed by atoms with van der Waals surface area (Å²) in [5.74, 6) is -0.228. The van der Waals surface area contributed by atoms with E-state index in [1.807, 2.05) is 18.2 Å². The number of pyridine rings is 1. The Morgan fingerprint density at radius 1 is 0.927 bits per heavy atom. The fraction of sp³-hybridized carbons (Fsp3) is 0.341. The summed E-state index contributed by atoms with van der Waals surface area (Å²) in [5, 5.41) is 36.5. The van der Waals surface area contributed by atoms with E-state index in [4.69, 9.17) is 9.47 Å². The lowest BCUT2D eigenvalue weighted by Crippen LogP contribution is -2.40. The molecule has 0 aliphatic carbocycles. The van der Waals surface area contributed by atoms with Gasteiger partial charge in [0.1, 0.15) is 11.5 Å². The van der Waals surface area contributed by atoms with Gasteiger partial charge in [0.25, 0.3) is 5.91 Å². The molecular weight excluding hydrogens is 698 g/mol. The highest BCUT2D eigenvalue weighted by Crippen LogP contribution is 2.34. The van der Waals surface area contributed by atoms with Gasteiger partial charge in [-0.3, -0.25) is 9.59 Å². The zero-order valence-corrected chi connectivity index (χ0v) is 31.1. The zero-order chi connectivity index (χ0) is 38.8. The third-order valence-corrected chi connectivity index (χ3v) is 10.3. The molecule has 1 aliphatic heterocycles. The minimum Gasteiger partial charge on any atom is -0.506 e. The van der Waals surface area contributed by atoms with Crippen molar-refractivity contribution in [3.8, 4) is 11.5 Å². The molecule has 0 spiro atoms. The van der Waals surface area contributed by atoms with E-state index in [2.05, 4.69) is 22.2 Å². The Morgan fingerprint density at radius 2 is 1.67 bits per heavy atom. The van der Waals surface area contributed by atoms with Crippen LogP contribution in [-0.4, -0.2) is 77.0 Å². The molecule has 2 atom stereocenters. The van der Waals surface area contributed by atoms with Crippen molar-refractivity contribution in [2.24, 2.45) is 5.92 Å². The number of carbonyl (C=O) groups excluding carboxylic acids is 2. The summed E-state index contributed by atoms with van der Waals surface area (Å²) < 4.78 is 11.7. The first-order chi connectivity index (χ1) is 26.6. The van der Waals surface area contributed by atoms with Crippen LogP contribution in [0.1, 0.15) is 70.8 Å². The lowest BCUT2D eigenvalue weighted by Gasteiger charge is -2.31. The van der Waals surface area contributed by atoms with E-state index in [0.29, 0.717) is 77.7 Å². The first-order valence-corrected chi connectivity index (χ1v) is 18.9. The quantitative estimate of drug-likeness (QED) is 0.0639. The average Bonchev–Trinajstić information content (AvgIpc) is 3.21. The number of likely N-dealkylation sites (tertiary alicyclic amines) is 1. The van der Waals surface area contributed by atoms with Crippen LogP contribution in [0.3, 0.4) is 0 Å². The summed E-state index contributed by atoms with van der Waals surface area (Å²) in [6.45, 7) is 2.84. The van der Waals surface area contributed by atoms with E-state index in [-0.39, 0.29) is 29.7 Å². The number of aliphatic hydroxyl groups is 2. The number of aryl methyl sites for hydroxylation is 1. The second-order valence-electron chi connectivity index (χ2n) is 14.3. The number of fused-ring (bicyclic) bond motifs is 1. The number of piperidine rings is 1. The molecule has 4 aromatic carbocycles. The topological polar surface area (TPSA) is 161 Å². The molecule has 2 heterocycles. The Kier molecular flexibility index (Phi) is 13.0. The number of benzene rings is 4. The molecule has 55 heavy (non-hydrogen) atoms. The lowest BCUT2D eigenvalue weighted by atomic mass is 9.86. The van der Waals surface area contributed by atoms with Gasteiger partial charge in [0.2, 0.25) is 11.2 Å². The molecule has 5 N–H and O–H groups in total. The third kappa shape index (κ3) is 9.79. The fourth-order valence-electron chi connectivity index (χ4n) is 7.01. The van der Waals surface area contributed by atoms with E-state index in [1.54, 1.807) is 72.8 Å². The van der Waals surface area contributed by atoms with Crippen LogP contribution in [0.4, 0.5) is 0 Å². The van der Waals surface area contributed by atoms with E-state index in [9.17, 15) is 29.7 Å². The van der Waals surface area contributed by atoms with Gasteiger partial charge < -0.3 is 40.0 Å². The number of phenols is 1. The van der Waals surface area contributed by atoms with E-state index < -0.39 is 17.7 Å². The first-order valence-electron chi connectivity index (χ1n) is 18.9. The molecule has 11 nitrogen and oxygen atoms in total. The maximum Gasteiger partial charge on any atom is 0.347 e. The van der Waals surface area contributed by atoms with Crippen molar-refractivity contribution in [2.75, 3.05) is 39.9 Å². The SMILES string of the molecule is CN1CCC(COC(=O)[C@](O)(c2ccccc2)c2cccc(OCCCNC(=O)c3ccc(CCC[C@H](O)c4ccc(O)c5[nH]c(=O)ccc45)cc3)c2)CC1. The third-order valence-electron chi connectivity index (χ3n) is 10.3. The molecule has 1 amide bonds. The van der Waals surface area contributed by atoms with Gasteiger partial charge >= 0.3 is 5.97 Å². The molecule has 0 radical (unpaired) electrons. The fourth-order valence-corrected chi connectivity index (χ4v) is 7.01. The van der Waals surface area contributed by atoms with E-state index in [0.717, 1.165) is 31.5 Å². The van der Waals surface area contributed by atoms with Crippen molar-refractivity contribution >= 4 is 22.8 Å². The highest BCUT2D eigenvalue weighted by Gasteiger charge is 2.42. The number of amides is 1. The molecular formula is C44H49N3O8. The molecule has 11 heteroatoms. The zero-order valence-electron chi connectivity index (χ0n) is 31.1. The van der Waals surface area contributed by atoms with Gasteiger partial charge in [0.05, 0.1) is 24.8 Å². The van der Waals surface area contributed by atoms with Crippen LogP contribution in [0.25, 0.3) is 10.9 Å². The molecule has 1 aliphatic rings. The van der Waals surface area contributed by atoms with Crippen molar-refractivity contribution in [1.29, 1.82) is 0 Å². The number of aromatic amines is 1. The molecule has 1 saturated heterocycles. The predicted molar refractivity (Wildman–Crippen MR) is 210 cm³/mol. The van der Waals surface area contributed by atoms with Gasteiger partial charge in [-0.1, -0.05) is 60.7 Å². The number of esters is 1. The van der Waals surface area contributed by atoms with Crippen molar-refractivity contribution in [3.05, 3.63) is 141 Å². The van der Waals surface area contributed by atoms with Crippen molar-refractivity contribution in [1.82, 2.24) is 15.2 Å². The number of nitrogens with one attached hydrogen (secondary N) is 2. The summed E-state index contributed by atoms with van der Waals surface area (Å²) in [7, 11) is 2.08.